The minimum Gasteiger partial charge on any atom is -0.383 e. The second kappa shape index (κ2) is 6.06. The van der Waals surface area contributed by atoms with Gasteiger partial charge in [-0.25, -0.2) is 15.0 Å². The molecule has 2 aromatic heterocycles. The highest BCUT2D eigenvalue weighted by molar-refractivity contribution is 5.89. The van der Waals surface area contributed by atoms with Crippen LogP contribution in [0.5, 0.6) is 0 Å². The molecule has 2 bridgehead atoms. The average molecular weight is 354 g/mol. The van der Waals surface area contributed by atoms with Crippen LogP contribution in [0.25, 0.3) is 22.5 Å². The Hall–Kier alpha value is -3.46. The SMILES string of the molecule is N#Cc1c(N)nc2c(c1-c1cnc(-c3ccccc3)nc1)N1CCC2CC1. The van der Waals surface area contributed by atoms with Crippen LogP contribution in [-0.4, -0.2) is 28.0 Å². The van der Waals surface area contributed by atoms with Crippen molar-refractivity contribution in [3.8, 4) is 28.6 Å². The first kappa shape index (κ1) is 15.8. The van der Waals surface area contributed by atoms with Crippen molar-refractivity contribution in [2.45, 2.75) is 18.8 Å². The number of piperidine rings is 1. The van der Waals surface area contributed by atoms with Crippen molar-refractivity contribution in [3.63, 3.8) is 0 Å². The number of nitriles is 1. The van der Waals surface area contributed by atoms with Gasteiger partial charge in [0.05, 0.1) is 11.4 Å². The maximum Gasteiger partial charge on any atom is 0.159 e. The summed E-state index contributed by atoms with van der Waals surface area (Å²) in [6.45, 7) is 1.98. The molecule has 0 atom stereocenters. The molecule has 5 heterocycles. The Morgan fingerprint density at radius 2 is 1.74 bits per heavy atom. The maximum atomic E-state index is 9.74. The van der Waals surface area contributed by atoms with Crippen molar-refractivity contribution in [1.29, 1.82) is 5.26 Å². The molecule has 1 fully saturated rings. The van der Waals surface area contributed by atoms with Gasteiger partial charge in [0.1, 0.15) is 17.5 Å². The molecule has 6 rings (SSSR count). The Balaban J connectivity index is 1.68. The third kappa shape index (κ3) is 2.43. The third-order valence-corrected chi connectivity index (χ3v) is 5.51. The number of hydrogen-bond donors (Lipinski definition) is 1. The lowest BCUT2D eigenvalue weighted by atomic mass is 9.83. The van der Waals surface area contributed by atoms with Crippen LogP contribution in [0.1, 0.15) is 30.0 Å². The number of benzene rings is 1. The minimum absolute atomic E-state index is 0.298. The fraction of sp³-hybridized carbons (Fsp3) is 0.238. The summed E-state index contributed by atoms with van der Waals surface area (Å²) >= 11 is 0. The van der Waals surface area contributed by atoms with E-state index in [9.17, 15) is 5.26 Å². The molecule has 0 unspecified atom stereocenters. The first-order valence-corrected chi connectivity index (χ1v) is 9.12. The molecule has 0 radical (unpaired) electrons. The monoisotopic (exact) mass is 354 g/mol. The summed E-state index contributed by atoms with van der Waals surface area (Å²) in [6, 6.07) is 12.1. The summed E-state index contributed by atoms with van der Waals surface area (Å²) in [5.74, 6) is 1.38. The number of nitrogens with two attached hydrogens (primary N) is 1. The molecule has 1 aromatic carbocycles. The Labute approximate surface area is 157 Å². The third-order valence-electron chi connectivity index (χ3n) is 5.51. The quantitative estimate of drug-likeness (QED) is 0.759. The van der Waals surface area contributed by atoms with Gasteiger partial charge in [0.15, 0.2) is 5.82 Å². The molecule has 2 N–H and O–H groups in total. The van der Waals surface area contributed by atoms with E-state index in [1.165, 1.54) is 0 Å². The zero-order valence-corrected chi connectivity index (χ0v) is 14.8. The van der Waals surface area contributed by atoms with Gasteiger partial charge in [0.2, 0.25) is 0 Å². The summed E-state index contributed by atoms with van der Waals surface area (Å²) in [4.78, 5) is 16.0. The van der Waals surface area contributed by atoms with E-state index in [2.05, 4.69) is 25.9 Å². The standard InChI is InChI=1S/C21H18N6/c22-10-16-17(15-11-24-21(25-12-15)14-4-2-1-3-5-14)19-18(26-20(16)23)13-6-8-27(19)9-7-13/h1-5,11-13H,6-9H2,(H2,23,26). The van der Waals surface area contributed by atoms with Crippen molar-refractivity contribution in [2.24, 2.45) is 0 Å². The minimum atomic E-state index is 0.298. The highest BCUT2D eigenvalue weighted by Gasteiger charge is 2.36. The number of fused-ring (bicyclic) bond motifs is 2. The zero-order chi connectivity index (χ0) is 18.4. The van der Waals surface area contributed by atoms with E-state index >= 15 is 0 Å². The van der Waals surface area contributed by atoms with Crippen LogP contribution in [0.4, 0.5) is 11.5 Å². The Bertz CT molecular complexity index is 1040. The summed E-state index contributed by atoms with van der Waals surface area (Å²) in [5, 5.41) is 9.74. The first-order chi connectivity index (χ1) is 13.3. The van der Waals surface area contributed by atoms with Crippen LogP contribution < -0.4 is 10.6 Å². The molecule has 6 nitrogen and oxygen atoms in total. The fourth-order valence-electron chi connectivity index (χ4n) is 4.18. The largest absolute Gasteiger partial charge is 0.383 e. The van der Waals surface area contributed by atoms with E-state index < -0.39 is 0 Å². The predicted octanol–water partition coefficient (Wildman–Crippen LogP) is 3.36. The van der Waals surface area contributed by atoms with Gasteiger partial charge in [-0.15, -0.1) is 0 Å². The molecule has 0 amide bonds. The lowest BCUT2D eigenvalue weighted by molar-refractivity contribution is 0.465. The topological polar surface area (TPSA) is 91.7 Å². The van der Waals surface area contributed by atoms with Crippen molar-refractivity contribution in [2.75, 3.05) is 23.7 Å². The molecule has 1 saturated heterocycles. The maximum absolute atomic E-state index is 9.74. The Morgan fingerprint density at radius 3 is 2.41 bits per heavy atom. The molecular formula is C21H18N6. The van der Waals surface area contributed by atoms with Crippen LogP contribution in [0.2, 0.25) is 0 Å². The Morgan fingerprint density at radius 1 is 1.04 bits per heavy atom. The molecule has 27 heavy (non-hydrogen) atoms. The van der Waals surface area contributed by atoms with E-state index in [1.807, 2.05) is 30.3 Å². The molecule has 132 valence electrons. The van der Waals surface area contributed by atoms with Gasteiger partial charge in [-0.1, -0.05) is 30.3 Å². The summed E-state index contributed by atoms with van der Waals surface area (Å²) < 4.78 is 0. The summed E-state index contributed by atoms with van der Waals surface area (Å²) in [5.41, 5.74) is 11.2. The molecule has 3 aliphatic heterocycles. The van der Waals surface area contributed by atoms with Crippen LogP contribution in [-0.2, 0) is 0 Å². The number of rotatable bonds is 2. The van der Waals surface area contributed by atoms with Gasteiger partial charge in [-0.05, 0) is 12.8 Å². The molecule has 3 aromatic rings. The van der Waals surface area contributed by atoms with Crippen molar-refractivity contribution in [3.05, 3.63) is 54.0 Å². The van der Waals surface area contributed by atoms with Crippen LogP contribution in [0, 0.1) is 11.3 Å². The van der Waals surface area contributed by atoms with E-state index in [0.29, 0.717) is 23.1 Å². The molecule has 0 spiro atoms. The smallest absolute Gasteiger partial charge is 0.159 e. The van der Waals surface area contributed by atoms with E-state index in [1.54, 1.807) is 12.4 Å². The highest BCUT2D eigenvalue weighted by Crippen LogP contribution is 2.48. The van der Waals surface area contributed by atoms with Crippen LogP contribution in [0.3, 0.4) is 0 Å². The van der Waals surface area contributed by atoms with E-state index in [-0.39, 0.29) is 0 Å². The fourth-order valence-corrected chi connectivity index (χ4v) is 4.18. The highest BCUT2D eigenvalue weighted by atomic mass is 15.2. The Kier molecular flexibility index (Phi) is 3.54. The lowest BCUT2D eigenvalue weighted by Crippen LogP contribution is -2.40. The van der Waals surface area contributed by atoms with Crippen LogP contribution >= 0.6 is 0 Å². The molecule has 0 saturated carbocycles. The van der Waals surface area contributed by atoms with E-state index in [0.717, 1.165) is 54.0 Å². The average Bonchev–Trinajstić information content (AvgIpc) is 2.74. The molecule has 6 heteroatoms. The van der Waals surface area contributed by atoms with Gasteiger partial charge in [0, 0.05) is 48.1 Å². The van der Waals surface area contributed by atoms with Gasteiger partial charge in [-0.2, -0.15) is 5.26 Å². The van der Waals surface area contributed by atoms with Gasteiger partial charge in [-0.3, -0.25) is 0 Å². The van der Waals surface area contributed by atoms with Gasteiger partial charge in [0.25, 0.3) is 0 Å². The van der Waals surface area contributed by atoms with Gasteiger partial charge >= 0.3 is 0 Å². The number of nitrogens with zero attached hydrogens (tertiary/aromatic N) is 5. The molecular weight excluding hydrogens is 336 g/mol. The normalized spacial score (nSPS) is 15.4. The van der Waals surface area contributed by atoms with Crippen molar-refractivity contribution >= 4 is 11.5 Å². The van der Waals surface area contributed by atoms with Crippen LogP contribution in [0.15, 0.2) is 42.7 Å². The van der Waals surface area contributed by atoms with E-state index in [4.69, 9.17) is 5.73 Å². The zero-order valence-electron chi connectivity index (χ0n) is 14.8. The molecule has 0 aliphatic carbocycles. The number of nitrogen functional groups attached to an aromatic ring is 1. The number of anilines is 2. The predicted molar refractivity (Wildman–Crippen MR) is 104 cm³/mol. The second-order valence-corrected chi connectivity index (χ2v) is 7.02. The van der Waals surface area contributed by atoms with Crippen molar-refractivity contribution < 1.29 is 0 Å². The lowest BCUT2D eigenvalue weighted by Gasteiger charge is -2.42. The second-order valence-electron chi connectivity index (χ2n) is 7.02. The van der Waals surface area contributed by atoms with Gasteiger partial charge < -0.3 is 10.6 Å². The number of pyridine rings is 1. The first-order valence-electron chi connectivity index (χ1n) is 9.12. The molecule has 3 aliphatic rings. The number of hydrogen-bond acceptors (Lipinski definition) is 6. The number of aromatic nitrogens is 3. The summed E-state index contributed by atoms with van der Waals surface area (Å²) in [6.07, 6.45) is 5.76. The van der Waals surface area contributed by atoms with Crippen molar-refractivity contribution in [1.82, 2.24) is 15.0 Å². The summed E-state index contributed by atoms with van der Waals surface area (Å²) in [7, 11) is 0.